The predicted octanol–water partition coefficient (Wildman–Crippen LogP) is 2.27. The molecule has 4 N–H and O–H groups in total. The standard InChI is InChI=1S/C13H10ClN3O3/c14-9-3-1-7(13(19)20)5-11(9)17-12(18)10-4-2-8(15)6-16-10/h1-6H,15H2,(H,17,18)(H,19,20). The normalized spacial score (nSPS) is 10.1. The Morgan fingerprint density at radius 1 is 1.25 bits per heavy atom. The van der Waals surface area contributed by atoms with E-state index >= 15 is 0 Å². The molecule has 1 aromatic carbocycles. The van der Waals surface area contributed by atoms with Gasteiger partial charge in [-0.3, -0.25) is 4.79 Å². The number of pyridine rings is 1. The zero-order valence-electron chi connectivity index (χ0n) is 10.1. The van der Waals surface area contributed by atoms with E-state index in [0.29, 0.717) is 5.69 Å². The molecule has 0 aliphatic heterocycles. The van der Waals surface area contributed by atoms with Crippen LogP contribution in [-0.2, 0) is 0 Å². The molecule has 0 bridgehead atoms. The van der Waals surface area contributed by atoms with Gasteiger partial charge in [0, 0.05) is 0 Å². The summed E-state index contributed by atoms with van der Waals surface area (Å²) < 4.78 is 0. The monoisotopic (exact) mass is 291 g/mol. The van der Waals surface area contributed by atoms with Crippen molar-refractivity contribution in [1.29, 1.82) is 0 Å². The van der Waals surface area contributed by atoms with E-state index in [1.165, 1.54) is 36.5 Å². The lowest BCUT2D eigenvalue weighted by Crippen LogP contribution is -2.14. The zero-order valence-corrected chi connectivity index (χ0v) is 10.9. The molecular weight excluding hydrogens is 282 g/mol. The first-order valence-corrected chi connectivity index (χ1v) is 5.91. The van der Waals surface area contributed by atoms with Crippen molar-refractivity contribution in [3.8, 4) is 0 Å². The quantitative estimate of drug-likeness (QED) is 0.804. The molecule has 1 heterocycles. The van der Waals surface area contributed by atoms with Crippen LogP contribution in [0.5, 0.6) is 0 Å². The van der Waals surface area contributed by atoms with Gasteiger partial charge in [0.15, 0.2) is 0 Å². The lowest BCUT2D eigenvalue weighted by atomic mass is 10.2. The van der Waals surface area contributed by atoms with Gasteiger partial charge in [-0.15, -0.1) is 0 Å². The Morgan fingerprint density at radius 2 is 2.00 bits per heavy atom. The number of carboxylic acid groups (broad SMARTS) is 1. The van der Waals surface area contributed by atoms with E-state index < -0.39 is 11.9 Å². The Morgan fingerprint density at radius 3 is 2.60 bits per heavy atom. The lowest BCUT2D eigenvalue weighted by Gasteiger charge is -2.08. The van der Waals surface area contributed by atoms with Crippen LogP contribution in [0.1, 0.15) is 20.8 Å². The highest BCUT2D eigenvalue weighted by molar-refractivity contribution is 6.34. The second kappa shape index (κ2) is 5.58. The van der Waals surface area contributed by atoms with Crippen LogP contribution in [-0.4, -0.2) is 22.0 Å². The van der Waals surface area contributed by atoms with E-state index in [1.54, 1.807) is 0 Å². The van der Waals surface area contributed by atoms with E-state index in [9.17, 15) is 9.59 Å². The summed E-state index contributed by atoms with van der Waals surface area (Å²) >= 11 is 5.91. The Labute approximate surface area is 119 Å². The van der Waals surface area contributed by atoms with E-state index in [0.717, 1.165) is 0 Å². The third-order valence-corrected chi connectivity index (χ3v) is 2.81. The average molecular weight is 292 g/mol. The van der Waals surface area contributed by atoms with Crippen LogP contribution in [0.4, 0.5) is 11.4 Å². The van der Waals surface area contributed by atoms with Crippen LogP contribution in [0.3, 0.4) is 0 Å². The minimum atomic E-state index is -1.11. The van der Waals surface area contributed by atoms with Crippen LogP contribution in [0.15, 0.2) is 36.5 Å². The number of benzene rings is 1. The van der Waals surface area contributed by atoms with Gasteiger partial charge < -0.3 is 16.2 Å². The Bertz CT molecular complexity index is 671. The molecule has 0 fully saturated rings. The van der Waals surface area contributed by atoms with Gasteiger partial charge in [-0.2, -0.15) is 0 Å². The number of nitrogens with two attached hydrogens (primary N) is 1. The SMILES string of the molecule is Nc1ccc(C(=O)Nc2cc(C(=O)O)ccc2Cl)nc1. The van der Waals surface area contributed by atoms with Gasteiger partial charge in [0.2, 0.25) is 0 Å². The first-order chi connectivity index (χ1) is 9.47. The summed E-state index contributed by atoms with van der Waals surface area (Å²) in [5.41, 5.74) is 6.29. The number of nitrogens with one attached hydrogen (secondary N) is 1. The molecule has 1 aromatic heterocycles. The number of amides is 1. The van der Waals surface area contributed by atoms with Gasteiger partial charge in [0.05, 0.1) is 28.2 Å². The van der Waals surface area contributed by atoms with E-state index in [4.69, 9.17) is 22.4 Å². The van der Waals surface area contributed by atoms with Gasteiger partial charge in [-0.05, 0) is 30.3 Å². The van der Waals surface area contributed by atoms with E-state index in [2.05, 4.69) is 10.3 Å². The predicted molar refractivity (Wildman–Crippen MR) is 75.0 cm³/mol. The number of hydrogen-bond acceptors (Lipinski definition) is 4. The number of aromatic carboxylic acids is 1. The smallest absolute Gasteiger partial charge is 0.335 e. The highest BCUT2D eigenvalue weighted by atomic mass is 35.5. The maximum absolute atomic E-state index is 11.9. The summed E-state index contributed by atoms with van der Waals surface area (Å²) in [6.45, 7) is 0. The number of nitrogen functional groups attached to an aromatic ring is 1. The fraction of sp³-hybridized carbons (Fsp3) is 0. The minimum absolute atomic E-state index is 0.0231. The zero-order chi connectivity index (χ0) is 14.7. The fourth-order valence-corrected chi connectivity index (χ4v) is 1.64. The van der Waals surface area contributed by atoms with Crippen LogP contribution >= 0.6 is 11.6 Å². The Hall–Kier alpha value is -2.60. The highest BCUT2D eigenvalue weighted by Gasteiger charge is 2.12. The summed E-state index contributed by atoms with van der Waals surface area (Å²) in [5.74, 6) is -1.61. The number of halogens is 1. The fourth-order valence-electron chi connectivity index (χ4n) is 1.48. The molecule has 0 atom stereocenters. The highest BCUT2D eigenvalue weighted by Crippen LogP contribution is 2.23. The molecule has 102 valence electrons. The molecule has 7 heteroatoms. The van der Waals surface area contributed by atoms with Crippen LogP contribution in [0.25, 0.3) is 0 Å². The molecule has 0 saturated heterocycles. The van der Waals surface area contributed by atoms with Crippen LogP contribution in [0, 0.1) is 0 Å². The van der Waals surface area contributed by atoms with Crippen molar-refractivity contribution >= 4 is 34.9 Å². The first-order valence-electron chi connectivity index (χ1n) is 5.53. The number of nitrogens with zero attached hydrogens (tertiary/aromatic N) is 1. The molecule has 0 aliphatic carbocycles. The number of carbonyl (C=O) groups excluding carboxylic acids is 1. The maximum atomic E-state index is 11.9. The number of hydrogen-bond donors (Lipinski definition) is 3. The number of rotatable bonds is 3. The molecule has 0 spiro atoms. The van der Waals surface area contributed by atoms with Crippen molar-refractivity contribution in [3.05, 3.63) is 52.8 Å². The number of aromatic nitrogens is 1. The molecule has 0 saturated carbocycles. The summed E-state index contributed by atoms with van der Waals surface area (Å²) in [6.07, 6.45) is 1.35. The molecule has 20 heavy (non-hydrogen) atoms. The van der Waals surface area contributed by atoms with Crippen molar-refractivity contribution in [2.45, 2.75) is 0 Å². The summed E-state index contributed by atoms with van der Waals surface area (Å²) in [5, 5.41) is 11.6. The van der Waals surface area contributed by atoms with Crippen molar-refractivity contribution in [3.63, 3.8) is 0 Å². The van der Waals surface area contributed by atoms with Crippen molar-refractivity contribution in [1.82, 2.24) is 4.98 Å². The van der Waals surface area contributed by atoms with Crippen LogP contribution in [0.2, 0.25) is 5.02 Å². The number of carboxylic acids is 1. The second-order valence-corrected chi connectivity index (χ2v) is 4.34. The Balaban J connectivity index is 2.25. The van der Waals surface area contributed by atoms with Gasteiger partial charge in [0.25, 0.3) is 5.91 Å². The number of anilines is 2. The third kappa shape index (κ3) is 3.04. The summed E-state index contributed by atoms with van der Waals surface area (Å²) in [6, 6.07) is 7.02. The largest absolute Gasteiger partial charge is 0.478 e. The second-order valence-electron chi connectivity index (χ2n) is 3.93. The molecule has 2 aromatic rings. The molecule has 0 aliphatic rings. The molecule has 2 rings (SSSR count). The van der Waals surface area contributed by atoms with E-state index in [1.807, 2.05) is 0 Å². The van der Waals surface area contributed by atoms with Gasteiger partial charge in [-0.1, -0.05) is 11.6 Å². The maximum Gasteiger partial charge on any atom is 0.335 e. The molecule has 0 radical (unpaired) electrons. The molecular formula is C13H10ClN3O3. The van der Waals surface area contributed by atoms with Crippen molar-refractivity contribution in [2.24, 2.45) is 0 Å². The minimum Gasteiger partial charge on any atom is -0.478 e. The topological polar surface area (TPSA) is 105 Å². The van der Waals surface area contributed by atoms with Crippen LogP contribution < -0.4 is 11.1 Å². The molecule has 1 amide bonds. The first kappa shape index (κ1) is 13.8. The summed E-state index contributed by atoms with van der Waals surface area (Å²) in [7, 11) is 0. The van der Waals surface area contributed by atoms with Crippen molar-refractivity contribution in [2.75, 3.05) is 11.1 Å². The molecule has 6 nitrogen and oxygen atoms in total. The Kier molecular flexibility index (Phi) is 3.86. The summed E-state index contributed by atoms with van der Waals surface area (Å²) in [4.78, 5) is 26.7. The van der Waals surface area contributed by atoms with E-state index in [-0.39, 0.29) is 22.0 Å². The lowest BCUT2D eigenvalue weighted by molar-refractivity contribution is 0.0696. The molecule has 0 unspecified atom stereocenters. The van der Waals surface area contributed by atoms with Gasteiger partial charge in [-0.25, -0.2) is 9.78 Å². The van der Waals surface area contributed by atoms with Crippen molar-refractivity contribution < 1.29 is 14.7 Å². The number of carbonyl (C=O) groups is 2. The van der Waals surface area contributed by atoms with Gasteiger partial charge >= 0.3 is 5.97 Å². The third-order valence-electron chi connectivity index (χ3n) is 2.48. The van der Waals surface area contributed by atoms with Gasteiger partial charge in [0.1, 0.15) is 5.69 Å². The average Bonchev–Trinajstić information content (AvgIpc) is 2.41.